The van der Waals surface area contributed by atoms with E-state index in [1.54, 1.807) is 0 Å². The Balaban J connectivity index is 2.09. The van der Waals surface area contributed by atoms with E-state index >= 15 is 0 Å². The summed E-state index contributed by atoms with van der Waals surface area (Å²) < 4.78 is 6.01. The van der Waals surface area contributed by atoms with Crippen LogP contribution in [-0.4, -0.2) is 12.0 Å². The zero-order chi connectivity index (χ0) is 17.5. The Labute approximate surface area is 145 Å². The minimum atomic E-state index is -0.483. The molecule has 2 rings (SSSR count). The van der Waals surface area contributed by atoms with Crippen LogP contribution in [0, 0.1) is 13.8 Å². The van der Waals surface area contributed by atoms with E-state index in [2.05, 4.69) is 12.2 Å². The maximum Gasteiger partial charge on any atom is 0.261 e. The van der Waals surface area contributed by atoms with Crippen LogP contribution < -0.4 is 10.1 Å². The first-order valence-electron chi connectivity index (χ1n) is 8.65. The van der Waals surface area contributed by atoms with Crippen molar-refractivity contribution in [3.8, 4) is 5.75 Å². The van der Waals surface area contributed by atoms with E-state index in [-0.39, 0.29) is 11.9 Å². The normalized spacial score (nSPS) is 13.2. The summed E-state index contributed by atoms with van der Waals surface area (Å²) in [6, 6.07) is 16.0. The Morgan fingerprint density at radius 1 is 1.00 bits per heavy atom. The van der Waals surface area contributed by atoms with Gasteiger partial charge in [0.15, 0.2) is 6.10 Å². The zero-order valence-corrected chi connectivity index (χ0v) is 15.0. The van der Waals surface area contributed by atoms with E-state index in [1.165, 1.54) is 5.56 Å². The number of carbonyl (C=O) groups excluding carboxylic acids is 1. The Hall–Kier alpha value is -2.29. The average molecular weight is 325 g/mol. The first-order valence-corrected chi connectivity index (χ1v) is 8.65. The molecule has 2 aromatic carbocycles. The van der Waals surface area contributed by atoms with Gasteiger partial charge in [-0.15, -0.1) is 0 Å². The highest BCUT2D eigenvalue weighted by Crippen LogP contribution is 2.23. The molecule has 2 aromatic rings. The van der Waals surface area contributed by atoms with E-state index in [1.807, 2.05) is 69.3 Å². The second kappa shape index (κ2) is 8.53. The SMILES string of the molecule is CC[C@@H](Oc1cccc(C)c1C)C(=O)N[C@H](CC)c1ccccc1. The van der Waals surface area contributed by atoms with Crippen molar-refractivity contribution < 1.29 is 9.53 Å². The molecule has 0 saturated heterocycles. The molecule has 0 aliphatic carbocycles. The van der Waals surface area contributed by atoms with Crippen molar-refractivity contribution in [2.75, 3.05) is 0 Å². The molecule has 3 nitrogen and oxygen atoms in total. The Kier molecular flexibility index (Phi) is 6.42. The van der Waals surface area contributed by atoms with Crippen LogP contribution in [-0.2, 0) is 4.79 Å². The summed E-state index contributed by atoms with van der Waals surface area (Å²) in [5.74, 6) is 0.721. The molecule has 3 heteroatoms. The summed E-state index contributed by atoms with van der Waals surface area (Å²) in [4.78, 5) is 12.7. The number of amides is 1. The topological polar surface area (TPSA) is 38.3 Å². The molecule has 128 valence electrons. The van der Waals surface area contributed by atoms with Gasteiger partial charge in [0, 0.05) is 0 Å². The number of hydrogen-bond donors (Lipinski definition) is 1. The molecular weight excluding hydrogens is 298 g/mol. The second-order valence-electron chi connectivity index (χ2n) is 6.09. The number of ether oxygens (including phenoxy) is 1. The van der Waals surface area contributed by atoms with Gasteiger partial charge >= 0.3 is 0 Å². The fourth-order valence-corrected chi connectivity index (χ4v) is 2.70. The zero-order valence-electron chi connectivity index (χ0n) is 15.0. The van der Waals surface area contributed by atoms with Crippen molar-refractivity contribution in [1.82, 2.24) is 5.32 Å². The molecule has 0 radical (unpaired) electrons. The molecule has 0 unspecified atom stereocenters. The summed E-state index contributed by atoms with van der Waals surface area (Å²) >= 11 is 0. The summed E-state index contributed by atoms with van der Waals surface area (Å²) in [6.45, 7) is 8.11. The van der Waals surface area contributed by atoms with Crippen molar-refractivity contribution in [2.45, 2.75) is 52.7 Å². The predicted molar refractivity (Wildman–Crippen MR) is 98.2 cm³/mol. The molecule has 1 N–H and O–H groups in total. The third-order valence-electron chi connectivity index (χ3n) is 4.41. The highest BCUT2D eigenvalue weighted by molar-refractivity contribution is 5.81. The molecule has 0 fully saturated rings. The molecule has 24 heavy (non-hydrogen) atoms. The number of rotatable bonds is 7. The molecule has 0 heterocycles. The van der Waals surface area contributed by atoms with E-state index in [9.17, 15) is 4.79 Å². The molecule has 0 saturated carbocycles. The van der Waals surface area contributed by atoms with Crippen LogP contribution in [0.2, 0.25) is 0 Å². The predicted octanol–water partition coefficient (Wildman–Crippen LogP) is 4.73. The van der Waals surface area contributed by atoms with Crippen molar-refractivity contribution in [3.05, 3.63) is 65.2 Å². The molecule has 2 atom stereocenters. The van der Waals surface area contributed by atoms with E-state index in [4.69, 9.17) is 4.74 Å². The van der Waals surface area contributed by atoms with Gasteiger partial charge in [0.1, 0.15) is 5.75 Å². The lowest BCUT2D eigenvalue weighted by Gasteiger charge is -2.23. The quantitative estimate of drug-likeness (QED) is 0.799. The lowest BCUT2D eigenvalue weighted by Crippen LogP contribution is -2.40. The highest BCUT2D eigenvalue weighted by atomic mass is 16.5. The largest absolute Gasteiger partial charge is 0.480 e. The molecule has 0 aromatic heterocycles. The molecule has 0 aliphatic heterocycles. The third kappa shape index (κ3) is 4.38. The minimum Gasteiger partial charge on any atom is -0.480 e. The van der Waals surface area contributed by atoms with Crippen LogP contribution in [0.1, 0.15) is 49.4 Å². The van der Waals surface area contributed by atoms with Gasteiger partial charge in [-0.2, -0.15) is 0 Å². The van der Waals surface area contributed by atoms with E-state index in [0.717, 1.165) is 23.3 Å². The van der Waals surface area contributed by atoms with Gasteiger partial charge < -0.3 is 10.1 Å². The Morgan fingerprint density at radius 2 is 1.71 bits per heavy atom. The molecule has 0 aliphatic rings. The van der Waals surface area contributed by atoms with Crippen molar-refractivity contribution in [3.63, 3.8) is 0 Å². The second-order valence-corrected chi connectivity index (χ2v) is 6.09. The Morgan fingerprint density at radius 3 is 2.33 bits per heavy atom. The lowest BCUT2D eigenvalue weighted by molar-refractivity contribution is -0.129. The lowest BCUT2D eigenvalue weighted by atomic mass is 10.0. The monoisotopic (exact) mass is 325 g/mol. The van der Waals surface area contributed by atoms with Crippen LogP contribution in [0.3, 0.4) is 0 Å². The number of carbonyl (C=O) groups is 1. The Bertz CT molecular complexity index is 667. The van der Waals surface area contributed by atoms with Gasteiger partial charge in [0.25, 0.3) is 5.91 Å². The summed E-state index contributed by atoms with van der Waals surface area (Å²) in [5, 5.41) is 3.12. The molecule has 0 bridgehead atoms. The summed E-state index contributed by atoms with van der Waals surface area (Å²) in [5.41, 5.74) is 3.37. The van der Waals surface area contributed by atoms with Gasteiger partial charge in [0.05, 0.1) is 6.04 Å². The highest BCUT2D eigenvalue weighted by Gasteiger charge is 2.22. The van der Waals surface area contributed by atoms with Gasteiger partial charge in [-0.3, -0.25) is 4.79 Å². The average Bonchev–Trinajstić information content (AvgIpc) is 2.61. The first kappa shape index (κ1) is 18.1. The van der Waals surface area contributed by atoms with Crippen molar-refractivity contribution >= 4 is 5.91 Å². The number of hydrogen-bond acceptors (Lipinski definition) is 2. The number of benzene rings is 2. The van der Waals surface area contributed by atoms with Gasteiger partial charge in [-0.25, -0.2) is 0 Å². The fraction of sp³-hybridized carbons (Fsp3) is 0.381. The van der Waals surface area contributed by atoms with Gasteiger partial charge in [0.2, 0.25) is 0 Å². The summed E-state index contributed by atoms with van der Waals surface area (Å²) in [6.07, 6.45) is 0.989. The van der Waals surface area contributed by atoms with Crippen molar-refractivity contribution in [1.29, 1.82) is 0 Å². The standard InChI is InChI=1S/C21H27NO2/c1-5-18(17-12-8-7-9-13-17)22-21(23)19(6-2)24-20-14-10-11-15(3)16(20)4/h7-14,18-19H,5-6H2,1-4H3,(H,22,23)/t18-,19-/m1/s1. The maximum absolute atomic E-state index is 12.7. The molecule has 1 amide bonds. The van der Waals surface area contributed by atoms with E-state index < -0.39 is 6.10 Å². The smallest absolute Gasteiger partial charge is 0.261 e. The van der Waals surface area contributed by atoms with Crippen LogP contribution in [0.4, 0.5) is 0 Å². The first-order chi connectivity index (χ1) is 11.6. The maximum atomic E-state index is 12.7. The van der Waals surface area contributed by atoms with Gasteiger partial charge in [-0.05, 0) is 49.4 Å². The van der Waals surface area contributed by atoms with Crippen LogP contribution >= 0.6 is 0 Å². The van der Waals surface area contributed by atoms with Crippen LogP contribution in [0.15, 0.2) is 48.5 Å². The minimum absolute atomic E-state index is 0.00922. The van der Waals surface area contributed by atoms with E-state index in [0.29, 0.717) is 6.42 Å². The van der Waals surface area contributed by atoms with Crippen LogP contribution in [0.25, 0.3) is 0 Å². The molecular formula is C21H27NO2. The summed E-state index contributed by atoms with van der Waals surface area (Å²) in [7, 11) is 0. The van der Waals surface area contributed by atoms with Crippen molar-refractivity contribution in [2.24, 2.45) is 0 Å². The molecule has 0 spiro atoms. The fourth-order valence-electron chi connectivity index (χ4n) is 2.70. The van der Waals surface area contributed by atoms with Gasteiger partial charge in [-0.1, -0.05) is 56.3 Å². The third-order valence-corrected chi connectivity index (χ3v) is 4.41. The number of nitrogens with one attached hydrogen (secondary N) is 1. The van der Waals surface area contributed by atoms with Crippen LogP contribution in [0.5, 0.6) is 5.75 Å². The number of aryl methyl sites for hydroxylation is 1.